The number of aryl methyl sites for hydroxylation is 2. The first-order valence-electron chi connectivity index (χ1n) is 8.55. The summed E-state index contributed by atoms with van der Waals surface area (Å²) < 4.78 is 29.2. The average molecular weight is 466 g/mol. The number of fused-ring (bicyclic) bond motifs is 1. The van der Waals surface area contributed by atoms with Crippen molar-refractivity contribution in [3.8, 4) is 0 Å². The lowest BCUT2D eigenvalue weighted by atomic mass is 10.2. The third-order valence-corrected chi connectivity index (χ3v) is 7.55. The van der Waals surface area contributed by atoms with Crippen LogP contribution in [-0.4, -0.2) is 28.7 Å². The number of sulfone groups is 1. The van der Waals surface area contributed by atoms with Gasteiger partial charge in [-0.25, -0.2) is 13.2 Å². The summed E-state index contributed by atoms with van der Waals surface area (Å²) in [5, 5.41) is 2.01. The largest absolute Gasteiger partial charge is 0.328 e. The molecule has 1 N–H and O–H groups in total. The van der Waals surface area contributed by atoms with E-state index in [1.165, 1.54) is 21.3 Å². The van der Waals surface area contributed by atoms with Crippen LogP contribution in [0.25, 0.3) is 11.0 Å². The van der Waals surface area contributed by atoms with Crippen LogP contribution in [-0.2, 0) is 23.9 Å². The van der Waals surface area contributed by atoms with Gasteiger partial charge in [-0.3, -0.25) is 13.9 Å². The normalized spacial score (nSPS) is 11.9. The van der Waals surface area contributed by atoms with Gasteiger partial charge in [-0.2, -0.15) is 0 Å². The minimum atomic E-state index is -3.71. The third-order valence-electron chi connectivity index (χ3n) is 4.67. The summed E-state index contributed by atoms with van der Waals surface area (Å²) in [4.78, 5) is 25.0. The number of aromatic nitrogens is 2. The monoisotopic (exact) mass is 465 g/mol. The summed E-state index contributed by atoms with van der Waals surface area (Å²) in [6, 6.07) is 9.83. The molecular weight excluding hydrogens is 446 g/mol. The standard InChI is InChI=1S/C19H20BrN3O4S/c1-11(2)28(26,27)17-10-16-15(22(3)19(25)23(16)4)9-14(17)21-18(24)12-7-5-6-8-13(12)20/h5-11H,1-4H3,(H,21,24). The van der Waals surface area contributed by atoms with Crippen molar-refractivity contribution in [3.63, 3.8) is 0 Å². The lowest BCUT2D eigenvalue weighted by molar-refractivity contribution is 0.102. The molecule has 0 fully saturated rings. The van der Waals surface area contributed by atoms with Gasteiger partial charge in [-0.05, 0) is 54.0 Å². The highest BCUT2D eigenvalue weighted by Gasteiger charge is 2.26. The Labute approximate surface area is 171 Å². The van der Waals surface area contributed by atoms with E-state index in [9.17, 15) is 18.0 Å². The Bertz CT molecular complexity index is 1260. The van der Waals surface area contributed by atoms with Crippen molar-refractivity contribution in [1.82, 2.24) is 9.13 Å². The summed E-state index contributed by atoms with van der Waals surface area (Å²) >= 11 is 3.33. The minimum absolute atomic E-state index is 0.0170. The number of hydrogen-bond donors (Lipinski definition) is 1. The molecule has 0 spiro atoms. The number of rotatable bonds is 4. The van der Waals surface area contributed by atoms with Gasteiger partial charge in [-0.1, -0.05) is 12.1 Å². The highest BCUT2D eigenvalue weighted by molar-refractivity contribution is 9.10. The molecule has 0 atom stereocenters. The fourth-order valence-corrected chi connectivity index (χ4v) is 4.61. The molecular formula is C19H20BrN3O4S. The highest BCUT2D eigenvalue weighted by Crippen LogP contribution is 2.30. The second kappa shape index (κ2) is 7.21. The summed E-state index contributed by atoms with van der Waals surface area (Å²) in [5.41, 5.74) is 1.24. The SMILES string of the molecule is CC(C)S(=O)(=O)c1cc2c(cc1NC(=O)c1ccccc1Br)n(C)c(=O)n2C. The molecule has 28 heavy (non-hydrogen) atoms. The maximum Gasteiger partial charge on any atom is 0.328 e. The van der Waals surface area contributed by atoms with E-state index < -0.39 is 21.0 Å². The van der Waals surface area contributed by atoms with E-state index in [0.29, 0.717) is 21.1 Å². The molecule has 0 bridgehead atoms. The molecule has 0 aliphatic rings. The zero-order valence-corrected chi connectivity index (χ0v) is 18.3. The molecule has 1 aromatic heterocycles. The van der Waals surface area contributed by atoms with Crippen LogP contribution in [0.3, 0.4) is 0 Å². The van der Waals surface area contributed by atoms with Crippen molar-refractivity contribution in [3.05, 3.63) is 56.9 Å². The predicted octanol–water partition coefficient (Wildman–Crippen LogP) is 3.07. The number of anilines is 1. The number of hydrogen-bond acceptors (Lipinski definition) is 4. The molecule has 0 aliphatic carbocycles. The average Bonchev–Trinajstić information content (AvgIpc) is 2.85. The highest BCUT2D eigenvalue weighted by atomic mass is 79.9. The molecule has 7 nitrogen and oxygen atoms in total. The predicted molar refractivity (Wildman–Crippen MR) is 113 cm³/mol. The van der Waals surface area contributed by atoms with Gasteiger partial charge < -0.3 is 5.32 Å². The van der Waals surface area contributed by atoms with Crippen LogP contribution >= 0.6 is 15.9 Å². The number of benzene rings is 2. The van der Waals surface area contributed by atoms with Gasteiger partial charge in [0.2, 0.25) is 0 Å². The van der Waals surface area contributed by atoms with Crippen molar-refractivity contribution in [2.24, 2.45) is 14.1 Å². The van der Waals surface area contributed by atoms with Crippen LogP contribution in [0.15, 0.2) is 50.6 Å². The summed E-state index contributed by atoms with van der Waals surface area (Å²) in [5.74, 6) is -0.451. The Kier molecular flexibility index (Phi) is 5.24. The molecule has 0 saturated carbocycles. The van der Waals surface area contributed by atoms with E-state index in [4.69, 9.17) is 0 Å². The van der Waals surface area contributed by atoms with E-state index in [1.54, 1.807) is 52.2 Å². The maximum absolute atomic E-state index is 12.9. The Morgan fingerprint density at radius 1 is 1.07 bits per heavy atom. The van der Waals surface area contributed by atoms with Crippen molar-refractivity contribution in [1.29, 1.82) is 0 Å². The Balaban J connectivity index is 2.25. The molecule has 0 saturated heterocycles. The number of carbonyl (C=O) groups is 1. The number of nitrogens with one attached hydrogen (secondary N) is 1. The Hall–Kier alpha value is -2.39. The van der Waals surface area contributed by atoms with Gasteiger partial charge in [0.05, 0.1) is 32.4 Å². The van der Waals surface area contributed by atoms with Crippen LogP contribution in [0.2, 0.25) is 0 Å². The number of nitrogens with zero attached hydrogens (tertiary/aromatic N) is 2. The molecule has 0 aliphatic heterocycles. The van der Waals surface area contributed by atoms with Crippen LogP contribution in [0.5, 0.6) is 0 Å². The second-order valence-corrected chi connectivity index (χ2v) is 10.1. The Morgan fingerprint density at radius 2 is 1.64 bits per heavy atom. The topological polar surface area (TPSA) is 90.2 Å². The fraction of sp³-hybridized carbons (Fsp3) is 0.263. The first-order valence-corrected chi connectivity index (χ1v) is 10.9. The lowest BCUT2D eigenvalue weighted by Gasteiger charge is -2.15. The number of imidazole rings is 1. The van der Waals surface area contributed by atoms with Crippen molar-refractivity contribution in [2.75, 3.05) is 5.32 Å². The molecule has 1 heterocycles. The second-order valence-electron chi connectivity index (χ2n) is 6.77. The van der Waals surface area contributed by atoms with Crippen molar-refractivity contribution in [2.45, 2.75) is 24.0 Å². The van der Waals surface area contributed by atoms with Crippen LogP contribution < -0.4 is 11.0 Å². The van der Waals surface area contributed by atoms with E-state index in [0.717, 1.165) is 0 Å². The van der Waals surface area contributed by atoms with E-state index >= 15 is 0 Å². The van der Waals surface area contributed by atoms with Crippen LogP contribution in [0.1, 0.15) is 24.2 Å². The first kappa shape index (κ1) is 20.3. The van der Waals surface area contributed by atoms with Crippen LogP contribution in [0, 0.1) is 0 Å². The number of halogens is 1. The molecule has 9 heteroatoms. The van der Waals surface area contributed by atoms with Gasteiger partial charge in [0.1, 0.15) is 0 Å². The molecule has 0 radical (unpaired) electrons. The van der Waals surface area contributed by atoms with Crippen LogP contribution in [0.4, 0.5) is 5.69 Å². The van der Waals surface area contributed by atoms with Gasteiger partial charge >= 0.3 is 5.69 Å². The summed E-state index contributed by atoms with van der Waals surface area (Å²) in [6.45, 7) is 3.14. The van der Waals surface area contributed by atoms with Gasteiger partial charge in [-0.15, -0.1) is 0 Å². The number of amides is 1. The van der Waals surface area contributed by atoms with Gasteiger partial charge in [0.25, 0.3) is 5.91 Å². The smallest absolute Gasteiger partial charge is 0.321 e. The van der Waals surface area contributed by atoms with Gasteiger partial charge in [0, 0.05) is 18.6 Å². The molecule has 3 rings (SSSR count). The fourth-order valence-electron chi connectivity index (χ4n) is 2.95. The molecule has 0 unspecified atom stereocenters. The number of carbonyl (C=O) groups excluding carboxylic acids is 1. The van der Waals surface area contributed by atoms with Crippen molar-refractivity contribution < 1.29 is 13.2 Å². The lowest BCUT2D eigenvalue weighted by Crippen LogP contribution is -2.19. The molecule has 3 aromatic rings. The summed E-state index contributed by atoms with van der Waals surface area (Å²) in [7, 11) is -0.531. The quantitative estimate of drug-likeness (QED) is 0.640. The molecule has 1 amide bonds. The minimum Gasteiger partial charge on any atom is -0.321 e. The van der Waals surface area contributed by atoms with E-state index in [-0.39, 0.29) is 16.3 Å². The Morgan fingerprint density at radius 3 is 2.21 bits per heavy atom. The zero-order valence-electron chi connectivity index (χ0n) is 15.9. The molecule has 148 valence electrons. The summed E-state index contributed by atoms with van der Waals surface area (Å²) in [6.07, 6.45) is 0. The third kappa shape index (κ3) is 3.29. The first-order chi connectivity index (χ1) is 13.1. The van der Waals surface area contributed by atoms with E-state index in [1.807, 2.05) is 0 Å². The zero-order chi connectivity index (χ0) is 20.8. The maximum atomic E-state index is 12.9. The van der Waals surface area contributed by atoms with E-state index in [2.05, 4.69) is 21.2 Å². The van der Waals surface area contributed by atoms with Gasteiger partial charge in [0.15, 0.2) is 9.84 Å². The van der Waals surface area contributed by atoms with Crippen molar-refractivity contribution >= 4 is 48.4 Å². The molecule has 2 aromatic carbocycles.